The molecule has 1 aliphatic carbocycles. The van der Waals surface area contributed by atoms with Crippen molar-refractivity contribution in [1.82, 2.24) is 9.55 Å². The smallest absolute Gasteiger partial charge is 0.125 e. The summed E-state index contributed by atoms with van der Waals surface area (Å²) in [6.07, 6.45) is 3.04. The van der Waals surface area contributed by atoms with Gasteiger partial charge in [-0.3, -0.25) is 0 Å². The number of aromatic nitrogens is 2. The van der Waals surface area contributed by atoms with Crippen LogP contribution in [0, 0.1) is 5.82 Å². The molecule has 0 aliphatic heterocycles. The molecule has 1 saturated carbocycles. The van der Waals surface area contributed by atoms with E-state index in [1.54, 1.807) is 12.1 Å². The molecule has 1 aromatic heterocycles. The summed E-state index contributed by atoms with van der Waals surface area (Å²) >= 11 is 0. The topological polar surface area (TPSA) is 27.1 Å². The maximum Gasteiger partial charge on any atom is 0.125 e. The minimum Gasteiger partial charge on any atom is -0.373 e. The van der Waals surface area contributed by atoms with E-state index in [0.29, 0.717) is 12.6 Å². The lowest BCUT2D eigenvalue weighted by atomic mass is 9.88. The zero-order valence-electron chi connectivity index (χ0n) is 13.8. The molecule has 0 bridgehead atoms. The van der Waals surface area contributed by atoms with Crippen LogP contribution in [0.5, 0.6) is 0 Å². The molecule has 0 unspecified atom stereocenters. The number of aryl methyl sites for hydroxylation is 1. The largest absolute Gasteiger partial charge is 0.373 e. The van der Waals surface area contributed by atoms with Gasteiger partial charge >= 0.3 is 0 Å². The van der Waals surface area contributed by atoms with Crippen molar-refractivity contribution in [3.05, 3.63) is 65.7 Å². The normalized spacial score (nSPS) is 20.2. The molecule has 4 heteroatoms. The lowest BCUT2D eigenvalue weighted by molar-refractivity contribution is -0.0353. The molecule has 124 valence electrons. The maximum absolute atomic E-state index is 13.6. The maximum atomic E-state index is 13.6. The summed E-state index contributed by atoms with van der Waals surface area (Å²) in [7, 11) is 0. The van der Waals surface area contributed by atoms with Crippen LogP contribution in [0.4, 0.5) is 4.39 Å². The quantitative estimate of drug-likeness (QED) is 0.682. The Morgan fingerprint density at radius 1 is 1.17 bits per heavy atom. The Balaban J connectivity index is 1.46. The summed E-state index contributed by atoms with van der Waals surface area (Å²) < 4.78 is 21.8. The predicted octanol–water partition coefficient (Wildman–Crippen LogP) is 4.66. The molecule has 3 aromatic rings. The molecule has 0 amide bonds. The van der Waals surface area contributed by atoms with E-state index in [4.69, 9.17) is 4.74 Å². The molecule has 0 spiro atoms. The van der Waals surface area contributed by atoms with Gasteiger partial charge < -0.3 is 9.30 Å². The van der Waals surface area contributed by atoms with Gasteiger partial charge in [0.25, 0.3) is 0 Å². The van der Waals surface area contributed by atoms with E-state index in [2.05, 4.69) is 28.6 Å². The molecule has 1 fully saturated rings. The molecule has 0 atom stereocenters. The Morgan fingerprint density at radius 3 is 2.71 bits per heavy atom. The van der Waals surface area contributed by atoms with E-state index in [1.807, 2.05) is 18.2 Å². The van der Waals surface area contributed by atoms with Gasteiger partial charge in [0, 0.05) is 12.5 Å². The summed E-state index contributed by atoms with van der Waals surface area (Å²) in [4.78, 5) is 4.65. The molecule has 0 N–H and O–H groups in total. The third-order valence-electron chi connectivity index (χ3n) is 4.80. The first-order valence-electron chi connectivity index (χ1n) is 8.56. The van der Waals surface area contributed by atoms with E-state index in [-0.39, 0.29) is 11.9 Å². The zero-order chi connectivity index (χ0) is 16.5. The van der Waals surface area contributed by atoms with Crippen molar-refractivity contribution in [2.75, 3.05) is 0 Å². The lowest BCUT2D eigenvalue weighted by Crippen LogP contribution is -2.34. The van der Waals surface area contributed by atoms with Gasteiger partial charge in [0.05, 0.1) is 23.7 Å². The van der Waals surface area contributed by atoms with Crippen molar-refractivity contribution in [1.29, 1.82) is 0 Å². The molecular formula is C20H21FN2O. The summed E-state index contributed by atoms with van der Waals surface area (Å²) in [5.74, 6) is 0.824. The molecule has 1 heterocycles. The Labute approximate surface area is 141 Å². The Bertz CT molecular complexity index is 837. The van der Waals surface area contributed by atoms with Crippen LogP contribution in [-0.4, -0.2) is 15.7 Å². The highest BCUT2D eigenvalue weighted by atomic mass is 19.1. The van der Waals surface area contributed by atoms with Crippen LogP contribution in [0.3, 0.4) is 0 Å². The fourth-order valence-electron chi connectivity index (χ4n) is 3.45. The van der Waals surface area contributed by atoms with Gasteiger partial charge in [0.15, 0.2) is 0 Å². The highest BCUT2D eigenvalue weighted by Gasteiger charge is 2.33. The SMILES string of the molecule is CCc1nc2ccc(F)cc2n1C1CC(OCc2ccccc2)C1. The van der Waals surface area contributed by atoms with Crippen LogP contribution in [0.2, 0.25) is 0 Å². The van der Waals surface area contributed by atoms with Gasteiger partial charge in [-0.15, -0.1) is 0 Å². The molecule has 0 saturated heterocycles. The molecule has 4 rings (SSSR count). The number of ether oxygens (including phenoxy) is 1. The van der Waals surface area contributed by atoms with Crippen LogP contribution in [-0.2, 0) is 17.8 Å². The second-order valence-corrected chi connectivity index (χ2v) is 6.43. The highest BCUT2D eigenvalue weighted by Crippen LogP contribution is 2.38. The average molecular weight is 324 g/mol. The molecule has 3 nitrogen and oxygen atoms in total. The second-order valence-electron chi connectivity index (χ2n) is 6.43. The number of halogens is 1. The first-order chi connectivity index (χ1) is 11.7. The van der Waals surface area contributed by atoms with Crippen LogP contribution >= 0.6 is 0 Å². The highest BCUT2D eigenvalue weighted by molar-refractivity contribution is 5.76. The summed E-state index contributed by atoms with van der Waals surface area (Å²) in [6.45, 7) is 2.74. The van der Waals surface area contributed by atoms with E-state index < -0.39 is 0 Å². The van der Waals surface area contributed by atoms with Gasteiger partial charge in [-0.1, -0.05) is 37.3 Å². The zero-order valence-corrected chi connectivity index (χ0v) is 13.8. The van der Waals surface area contributed by atoms with Crippen molar-refractivity contribution < 1.29 is 9.13 Å². The number of fused-ring (bicyclic) bond motifs is 1. The standard InChI is InChI=1S/C20H21FN2O/c1-2-20-22-18-9-8-15(21)10-19(18)23(20)16-11-17(12-16)24-13-14-6-4-3-5-7-14/h3-10,16-17H,2,11-13H2,1H3. The first kappa shape index (κ1) is 15.3. The van der Waals surface area contributed by atoms with Gasteiger partial charge in [-0.25, -0.2) is 9.37 Å². The molecule has 1 aliphatic rings. The summed E-state index contributed by atoms with van der Waals surface area (Å²) in [6, 6.07) is 15.4. The van der Waals surface area contributed by atoms with Crippen molar-refractivity contribution in [2.45, 2.75) is 44.9 Å². The van der Waals surface area contributed by atoms with Crippen LogP contribution < -0.4 is 0 Å². The van der Waals surface area contributed by atoms with E-state index >= 15 is 0 Å². The Morgan fingerprint density at radius 2 is 1.96 bits per heavy atom. The third-order valence-corrected chi connectivity index (χ3v) is 4.80. The molecule has 2 aromatic carbocycles. The fourth-order valence-corrected chi connectivity index (χ4v) is 3.45. The number of hydrogen-bond acceptors (Lipinski definition) is 2. The van der Waals surface area contributed by atoms with Crippen molar-refractivity contribution >= 4 is 11.0 Å². The molecule has 24 heavy (non-hydrogen) atoms. The minimum atomic E-state index is -0.206. The number of imidazole rings is 1. The van der Waals surface area contributed by atoms with E-state index in [9.17, 15) is 4.39 Å². The number of benzene rings is 2. The average Bonchev–Trinajstić information content (AvgIpc) is 2.92. The monoisotopic (exact) mass is 324 g/mol. The number of hydrogen-bond donors (Lipinski definition) is 0. The second kappa shape index (κ2) is 6.36. The minimum absolute atomic E-state index is 0.206. The van der Waals surface area contributed by atoms with Crippen LogP contribution in [0.25, 0.3) is 11.0 Å². The molecule has 0 radical (unpaired) electrons. The van der Waals surface area contributed by atoms with Crippen LogP contribution in [0.15, 0.2) is 48.5 Å². The fraction of sp³-hybridized carbons (Fsp3) is 0.350. The summed E-state index contributed by atoms with van der Waals surface area (Å²) in [5, 5.41) is 0. The van der Waals surface area contributed by atoms with E-state index in [1.165, 1.54) is 11.6 Å². The number of rotatable bonds is 5. The van der Waals surface area contributed by atoms with Gasteiger partial charge in [-0.2, -0.15) is 0 Å². The molecular weight excluding hydrogens is 303 g/mol. The van der Waals surface area contributed by atoms with E-state index in [0.717, 1.165) is 36.1 Å². The first-order valence-corrected chi connectivity index (χ1v) is 8.56. The van der Waals surface area contributed by atoms with Gasteiger partial charge in [0.1, 0.15) is 11.6 Å². The third kappa shape index (κ3) is 2.82. The van der Waals surface area contributed by atoms with Crippen molar-refractivity contribution in [3.63, 3.8) is 0 Å². The Hall–Kier alpha value is -2.20. The number of nitrogens with zero attached hydrogens (tertiary/aromatic N) is 2. The van der Waals surface area contributed by atoms with Crippen molar-refractivity contribution in [2.24, 2.45) is 0 Å². The Kier molecular flexibility index (Phi) is 4.07. The van der Waals surface area contributed by atoms with Gasteiger partial charge in [-0.05, 0) is 36.6 Å². The predicted molar refractivity (Wildman–Crippen MR) is 92.4 cm³/mol. The lowest BCUT2D eigenvalue weighted by Gasteiger charge is -2.37. The summed E-state index contributed by atoms with van der Waals surface area (Å²) in [5.41, 5.74) is 2.98. The van der Waals surface area contributed by atoms with Crippen LogP contribution in [0.1, 0.15) is 37.2 Å². The van der Waals surface area contributed by atoms with Gasteiger partial charge in [0.2, 0.25) is 0 Å². The van der Waals surface area contributed by atoms with Crippen molar-refractivity contribution in [3.8, 4) is 0 Å².